The molecule has 0 radical (unpaired) electrons. The molecular weight excluding hydrogens is 171 g/mol. The van der Waals surface area contributed by atoms with Crippen molar-refractivity contribution in [1.82, 2.24) is 5.12 Å². The maximum Gasteiger partial charge on any atom is 0.123 e. The van der Waals surface area contributed by atoms with E-state index in [9.17, 15) is 4.39 Å². The smallest absolute Gasteiger partial charge is 0.123 e. The van der Waals surface area contributed by atoms with Crippen LogP contribution >= 0.6 is 0 Å². The highest BCUT2D eigenvalue weighted by molar-refractivity contribution is 5.15. The lowest BCUT2D eigenvalue weighted by atomic mass is 10.2. The summed E-state index contributed by atoms with van der Waals surface area (Å²) >= 11 is 0. The molecule has 2 N–H and O–H groups in total. The van der Waals surface area contributed by atoms with Gasteiger partial charge in [0.1, 0.15) is 5.82 Å². The molecule has 0 saturated heterocycles. The average molecular weight is 182 g/mol. The van der Waals surface area contributed by atoms with Gasteiger partial charge in [0.05, 0.1) is 6.54 Å². The van der Waals surface area contributed by atoms with Gasteiger partial charge in [0.15, 0.2) is 0 Å². The van der Waals surface area contributed by atoms with E-state index < -0.39 is 0 Å². The lowest BCUT2D eigenvalue weighted by Crippen LogP contribution is -2.17. The Morgan fingerprint density at radius 3 is 2.54 bits per heavy atom. The number of nitrogens with zero attached hydrogens (tertiary/aromatic N) is 3. The summed E-state index contributed by atoms with van der Waals surface area (Å²) in [5, 5.41) is 8.47. The van der Waals surface area contributed by atoms with E-state index in [0.717, 1.165) is 10.7 Å². The second kappa shape index (κ2) is 4.51. The van der Waals surface area contributed by atoms with Gasteiger partial charge in [-0.3, -0.25) is 0 Å². The van der Waals surface area contributed by atoms with Gasteiger partial charge >= 0.3 is 0 Å². The molecule has 1 rings (SSSR count). The first-order chi connectivity index (χ1) is 6.18. The number of benzene rings is 1. The van der Waals surface area contributed by atoms with E-state index in [4.69, 9.17) is 5.84 Å². The van der Waals surface area contributed by atoms with Crippen molar-refractivity contribution in [2.24, 2.45) is 16.2 Å². The van der Waals surface area contributed by atoms with Crippen LogP contribution in [0.4, 0.5) is 4.39 Å². The van der Waals surface area contributed by atoms with E-state index in [0.29, 0.717) is 6.54 Å². The molecule has 0 saturated carbocycles. The van der Waals surface area contributed by atoms with Crippen LogP contribution in [0.2, 0.25) is 0 Å². The molecule has 5 heteroatoms. The minimum absolute atomic E-state index is 0.253. The molecule has 0 spiro atoms. The van der Waals surface area contributed by atoms with Crippen molar-refractivity contribution in [2.45, 2.75) is 6.54 Å². The minimum Gasteiger partial charge on any atom is -0.230 e. The Morgan fingerprint density at radius 1 is 1.38 bits per heavy atom. The first-order valence-electron chi connectivity index (χ1n) is 3.79. The molecule has 0 aliphatic carbocycles. The van der Waals surface area contributed by atoms with E-state index >= 15 is 0 Å². The summed E-state index contributed by atoms with van der Waals surface area (Å²) in [7, 11) is 1.58. The number of hydrazine groups is 1. The maximum absolute atomic E-state index is 12.5. The zero-order chi connectivity index (χ0) is 9.68. The van der Waals surface area contributed by atoms with Crippen molar-refractivity contribution in [1.29, 1.82) is 0 Å². The Bertz CT molecular complexity index is 281. The molecule has 0 unspecified atom stereocenters. The summed E-state index contributed by atoms with van der Waals surface area (Å²) in [6, 6.07) is 6.09. The van der Waals surface area contributed by atoms with Crippen molar-refractivity contribution >= 4 is 0 Å². The van der Waals surface area contributed by atoms with E-state index in [2.05, 4.69) is 10.3 Å². The molecule has 0 aliphatic rings. The van der Waals surface area contributed by atoms with Crippen molar-refractivity contribution < 1.29 is 4.39 Å². The fourth-order valence-electron chi connectivity index (χ4n) is 0.803. The fourth-order valence-corrected chi connectivity index (χ4v) is 0.803. The Labute approximate surface area is 75.8 Å². The van der Waals surface area contributed by atoms with Gasteiger partial charge in [-0.25, -0.2) is 15.4 Å². The molecule has 1 aromatic carbocycles. The highest BCUT2D eigenvalue weighted by atomic mass is 19.1. The van der Waals surface area contributed by atoms with Gasteiger partial charge in [0, 0.05) is 7.05 Å². The second-order valence-electron chi connectivity index (χ2n) is 2.59. The summed E-state index contributed by atoms with van der Waals surface area (Å²) in [4.78, 5) is 0. The van der Waals surface area contributed by atoms with Gasteiger partial charge in [0.2, 0.25) is 0 Å². The summed E-state index contributed by atoms with van der Waals surface area (Å²) in [5.74, 6) is 4.94. The van der Waals surface area contributed by atoms with Gasteiger partial charge in [-0.15, -0.1) is 0 Å². The predicted molar refractivity (Wildman–Crippen MR) is 46.9 cm³/mol. The van der Waals surface area contributed by atoms with Crippen LogP contribution in [0.15, 0.2) is 34.6 Å². The lowest BCUT2D eigenvalue weighted by Gasteiger charge is -2.00. The van der Waals surface area contributed by atoms with Gasteiger partial charge in [-0.1, -0.05) is 17.4 Å². The zero-order valence-corrected chi connectivity index (χ0v) is 7.31. The van der Waals surface area contributed by atoms with Gasteiger partial charge in [0.25, 0.3) is 0 Å². The summed E-state index contributed by atoms with van der Waals surface area (Å²) in [6.45, 7) is 0.405. The van der Waals surface area contributed by atoms with Crippen molar-refractivity contribution in [2.75, 3.05) is 7.05 Å². The number of nitrogens with two attached hydrogens (primary N) is 1. The van der Waals surface area contributed by atoms with E-state index in [-0.39, 0.29) is 5.82 Å². The molecule has 0 heterocycles. The van der Waals surface area contributed by atoms with Crippen molar-refractivity contribution in [3.63, 3.8) is 0 Å². The van der Waals surface area contributed by atoms with Crippen LogP contribution in [0.5, 0.6) is 0 Å². The zero-order valence-electron chi connectivity index (χ0n) is 7.31. The largest absolute Gasteiger partial charge is 0.230 e. The molecule has 0 atom stereocenters. The molecule has 0 aromatic heterocycles. The molecule has 0 amide bonds. The fraction of sp³-hybridized carbons (Fsp3) is 0.250. The third-order valence-electron chi connectivity index (χ3n) is 1.37. The average Bonchev–Trinajstić information content (AvgIpc) is 2.08. The van der Waals surface area contributed by atoms with E-state index in [1.54, 1.807) is 19.2 Å². The number of hydrogen-bond donors (Lipinski definition) is 1. The Kier molecular flexibility index (Phi) is 3.33. The maximum atomic E-state index is 12.5. The quantitative estimate of drug-likeness (QED) is 0.437. The third kappa shape index (κ3) is 3.62. The Morgan fingerprint density at radius 2 is 2.00 bits per heavy atom. The SMILES string of the molecule is CN(N)N=NCc1ccc(F)cc1. The predicted octanol–water partition coefficient (Wildman–Crippen LogP) is 1.50. The third-order valence-corrected chi connectivity index (χ3v) is 1.37. The first-order valence-corrected chi connectivity index (χ1v) is 3.79. The standard InChI is InChI=1S/C8H11FN4/c1-13(10)12-11-6-7-2-4-8(9)5-3-7/h2-5H,6,10H2,1H3. The number of hydrogen-bond acceptors (Lipinski definition) is 3. The van der Waals surface area contributed by atoms with Crippen LogP contribution in [-0.2, 0) is 6.54 Å². The summed E-state index contributed by atoms with van der Waals surface area (Å²) in [6.07, 6.45) is 0. The normalized spacial score (nSPS) is 10.7. The minimum atomic E-state index is -0.253. The highest BCUT2D eigenvalue weighted by Gasteiger charge is 1.91. The van der Waals surface area contributed by atoms with Gasteiger partial charge in [-0.2, -0.15) is 5.11 Å². The monoisotopic (exact) mass is 182 g/mol. The number of halogens is 1. The molecule has 13 heavy (non-hydrogen) atoms. The molecule has 0 bridgehead atoms. The number of rotatable bonds is 3. The molecule has 4 nitrogen and oxygen atoms in total. The Hall–Kier alpha value is -1.49. The van der Waals surface area contributed by atoms with Crippen LogP contribution < -0.4 is 5.84 Å². The summed E-state index contributed by atoms with van der Waals surface area (Å²) in [5.41, 5.74) is 0.895. The van der Waals surface area contributed by atoms with Crippen LogP contribution in [0.3, 0.4) is 0 Å². The molecule has 70 valence electrons. The lowest BCUT2D eigenvalue weighted by molar-refractivity contribution is 0.339. The molecule has 1 aromatic rings. The van der Waals surface area contributed by atoms with Crippen LogP contribution in [0.1, 0.15) is 5.56 Å². The Balaban J connectivity index is 2.50. The topological polar surface area (TPSA) is 54.0 Å². The van der Waals surface area contributed by atoms with Crippen LogP contribution in [0, 0.1) is 5.82 Å². The summed E-state index contributed by atoms with van der Waals surface area (Å²) < 4.78 is 12.5. The van der Waals surface area contributed by atoms with Crippen LogP contribution in [-0.4, -0.2) is 12.2 Å². The van der Waals surface area contributed by atoms with E-state index in [1.807, 2.05) is 0 Å². The second-order valence-corrected chi connectivity index (χ2v) is 2.59. The van der Waals surface area contributed by atoms with Gasteiger partial charge in [-0.05, 0) is 17.7 Å². The first kappa shape index (κ1) is 9.60. The molecular formula is C8H11FN4. The molecule has 0 aliphatic heterocycles. The molecule has 0 fully saturated rings. The van der Waals surface area contributed by atoms with Crippen LogP contribution in [0.25, 0.3) is 0 Å². The van der Waals surface area contributed by atoms with Crippen molar-refractivity contribution in [3.8, 4) is 0 Å². The highest BCUT2D eigenvalue weighted by Crippen LogP contribution is 2.03. The van der Waals surface area contributed by atoms with E-state index in [1.165, 1.54) is 12.1 Å². The van der Waals surface area contributed by atoms with Crippen molar-refractivity contribution in [3.05, 3.63) is 35.6 Å². The van der Waals surface area contributed by atoms with Gasteiger partial charge < -0.3 is 0 Å².